The molecule has 0 aliphatic rings. The summed E-state index contributed by atoms with van der Waals surface area (Å²) in [5.41, 5.74) is 1.38. The van der Waals surface area contributed by atoms with Crippen LogP contribution in [0.15, 0.2) is 28.7 Å². The van der Waals surface area contributed by atoms with E-state index in [2.05, 4.69) is 66.3 Å². The van der Waals surface area contributed by atoms with Gasteiger partial charge in [-0.3, -0.25) is 0 Å². The minimum atomic E-state index is 0.0649. The molecule has 0 radical (unpaired) electrons. The van der Waals surface area contributed by atoms with Gasteiger partial charge in [-0.1, -0.05) is 35.0 Å². The first-order chi connectivity index (χ1) is 6.06. The Hall–Kier alpha value is -0.340. The van der Waals surface area contributed by atoms with Crippen molar-refractivity contribution >= 4 is 15.9 Å². The predicted molar refractivity (Wildman–Crippen MR) is 60.8 cm³/mol. The average molecular weight is 242 g/mol. The lowest BCUT2D eigenvalue weighted by molar-refractivity contribution is 0.416. The summed E-state index contributed by atoms with van der Waals surface area (Å²) in [7, 11) is 0. The molecule has 0 bridgehead atoms. The van der Waals surface area contributed by atoms with Crippen molar-refractivity contribution in [2.24, 2.45) is 0 Å². The van der Waals surface area contributed by atoms with Crippen molar-refractivity contribution in [2.45, 2.75) is 26.3 Å². The number of halogens is 1. The van der Waals surface area contributed by atoms with E-state index in [0.717, 1.165) is 11.0 Å². The molecule has 1 rings (SSSR count). The summed E-state index contributed by atoms with van der Waals surface area (Å²) in [5, 5.41) is 3.44. The van der Waals surface area contributed by atoms with Crippen molar-refractivity contribution in [3.8, 4) is 0 Å². The fraction of sp³-hybridized carbons (Fsp3) is 0.455. The zero-order chi connectivity index (χ0) is 9.90. The topological polar surface area (TPSA) is 12.0 Å². The Balaban J connectivity index is 2.87. The molecule has 0 aliphatic carbocycles. The van der Waals surface area contributed by atoms with Crippen LogP contribution >= 0.6 is 15.9 Å². The highest BCUT2D eigenvalue weighted by Gasteiger charge is 2.17. The van der Waals surface area contributed by atoms with E-state index in [-0.39, 0.29) is 5.54 Å². The van der Waals surface area contributed by atoms with Crippen LogP contribution in [0, 0.1) is 0 Å². The van der Waals surface area contributed by atoms with Gasteiger partial charge in [0.05, 0.1) is 0 Å². The molecule has 13 heavy (non-hydrogen) atoms. The summed E-state index contributed by atoms with van der Waals surface area (Å²) in [5.74, 6) is 0. The smallest absolute Gasteiger partial charge is 0.0377 e. The average Bonchev–Trinajstić information content (AvgIpc) is 2.05. The van der Waals surface area contributed by atoms with E-state index in [4.69, 9.17) is 0 Å². The Kier molecular flexibility index (Phi) is 3.51. The van der Waals surface area contributed by atoms with Crippen LogP contribution in [0.25, 0.3) is 0 Å². The van der Waals surface area contributed by atoms with Gasteiger partial charge in [-0.05, 0) is 38.1 Å². The molecule has 1 N–H and O–H groups in total. The molecule has 1 nitrogen and oxygen atoms in total. The Bertz CT molecular complexity index is 264. The number of hydrogen-bond acceptors (Lipinski definition) is 1. The Morgan fingerprint density at radius 1 is 1.23 bits per heavy atom. The Morgan fingerprint density at radius 2 is 1.77 bits per heavy atom. The quantitative estimate of drug-likeness (QED) is 0.857. The van der Waals surface area contributed by atoms with E-state index < -0.39 is 0 Å². The summed E-state index contributed by atoms with van der Waals surface area (Å²) in [6.07, 6.45) is 0. The third kappa shape index (κ3) is 2.82. The predicted octanol–water partition coefficient (Wildman–Crippen LogP) is 3.29. The maximum atomic E-state index is 3.44. The van der Waals surface area contributed by atoms with E-state index in [1.165, 1.54) is 5.56 Å². The highest BCUT2D eigenvalue weighted by Crippen LogP contribution is 2.21. The van der Waals surface area contributed by atoms with Gasteiger partial charge >= 0.3 is 0 Å². The zero-order valence-electron chi connectivity index (χ0n) is 8.39. The van der Waals surface area contributed by atoms with E-state index in [9.17, 15) is 0 Å². The van der Waals surface area contributed by atoms with E-state index in [1.54, 1.807) is 0 Å². The Labute approximate surface area is 88.7 Å². The van der Waals surface area contributed by atoms with Crippen molar-refractivity contribution < 1.29 is 0 Å². The number of nitrogens with one attached hydrogen (secondary N) is 1. The maximum Gasteiger partial charge on any atom is 0.0377 e. The monoisotopic (exact) mass is 241 g/mol. The van der Waals surface area contributed by atoms with E-state index in [0.29, 0.717) is 0 Å². The minimum Gasteiger partial charge on any atom is -0.308 e. The van der Waals surface area contributed by atoms with Gasteiger partial charge < -0.3 is 5.32 Å². The third-order valence-electron chi connectivity index (χ3n) is 2.18. The summed E-state index contributed by atoms with van der Waals surface area (Å²) >= 11 is 3.43. The van der Waals surface area contributed by atoms with Gasteiger partial charge in [0.25, 0.3) is 0 Å². The molecule has 1 aromatic carbocycles. The Morgan fingerprint density at radius 3 is 2.23 bits per heavy atom. The summed E-state index contributed by atoms with van der Waals surface area (Å²) in [6, 6.07) is 8.45. The normalized spacial score (nSPS) is 11.7. The van der Waals surface area contributed by atoms with Crippen molar-refractivity contribution in [3.63, 3.8) is 0 Å². The molecule has 0 spiro atoms. The van der Waals surface area contributed by atoms with Gasteiger partial charge in [-0.15, -0.1) is 0 Å². The zero-order valence-corrected chi connectivity index (χ0v) is 9.98. The van der Waals surface area contributed by atoms with Gasteiger partial charge in [0.15, 0.2) is 0 Å². The third-order valence-corrected chi connectivity index (χ3v) is 2.71. The molecule has 2 heteroatoms. The second kappa shape index (κ2) is 4.25. The molecular weight excluding hydrogens is 226 g/mol. The summed E-state index contributed by atoms with van der Waals surface area (Å²) in [4.78, 5) is 0. The van der Waals surface area contributed by atoms with Gasteiger partial charge in [0, 0.05) is 10.0 Å². The van der Waals surface area contributed by atoms with E-state index >= 15 is 0 Å². The molecule has 0 amide bonds. The van der Waals surface area contributed by atoms with Crippen molar-refractivity contribution in [1.82, 2.24) is 5.32 Å². The standard InChI is InChI=1S/C11H16BrN/c1-4-13-11(2,3)9-5-7-10(12)8-6-9/h5-8,13H,4H2,1-3H3. The lowest BCUT2D eigenvalue weighted by Crippen LogP contribution is -2.36. The minimum absolute atomic E-state index is 0.0649. The highest BCUT2D eigenvalue weighted by molar-refractivity contribution is 9.10. The van der Waals surface area contributed by atoms with Crippen LogP contribution in [-0.2, 0) is 5.54 Å². The van der Waals surface area contributed by atoms with Crippen molar-refractivity contribution in [2.75, 3.05) is 6.54 Å². The van der Waals surface area contributed by atoms with Crippen LogP contribution in [0.4, 0.5) is 0 Å². The first kappa shape index (κ1) is 10.7. The van der Waals surface area contributed by atoms with Crippen LogP contribution in [-0.4, -0.2) is 6.54 Å². The van der Waals surface area contributed by atoms with Gasteiger partial charge in [-0.2, -0.15) is 0 Å². The molecule has 1 aromatic rings. The van der Waals surface area contributed by atoms with Gasteiger partial charge in [0.1, 0.15) is 0 Å². The van der Waals surface area contributed by atoms with Crippen LogP contribution in [0.2, 0.25) is 0 Å². The molecular formula is C11H16BrN. The number of hydrogen-bond donors (Lipinski definition) is 1. The van der Waals surface area contributed by atoms with Crippen LogP contribution in [0.5, 0.6) is 0 Å². The van der Waals surface area contributed by atoms with Gasteiger partial charge in [-0.25, -0.2) is 0 Å². The van der Waals surface area contributed by atoms with Crippen molar-refractivity contribution in [3.05, 3.63) is 34.3 Å². The molecule has 0 heterocycles. The largest absolute Gasteiger partial charge is 0.308 e. The number of rotatable bonds is 3. The second-order valence-corrected chi connectivity index (χ2v) is 4.58. The van der Waals surface area contributed by atoms with Crippen molar-refractivity contribution in [1.29, 1.82) is 0 Å². The number of benzene rings is 1. The second-order valence-electron chi connectivity index (χ2n) is 3.66. The van der Waals surface area contributed by atoms with Crippen LogP contribution in [0.1, 0.15) is 26.3 Å². The summed E-state index contributed by atoms with van der Waals surface area (Å²) < 4.78 is 1.13. The SMILES string of the molecule is CCNC(C)(C)c1ccc(Br)cc1. The van der Waals surface area contributed by atoms with Gasteiger partial charge in [0.2, 0.25) is 0 Å². The summed E-state index contributed by atoms with van der Waals surface area (Å²) in [6.45, 7) is 7.50. The molecule has 0 unspecified atom stereocenters. The molecule has 0 fully saturated rings. The van der Waals surface area contributed by atoms with Crippen LogP contribution < -0.4 is 5.32 Å². The lowest BCUT2D eigenvalue weighted by Gasteiger charge is -2.26. The molecule has 72 valence electrons. The van der Waals surface area contributed by atoms with Crippen LogP contribution in [0.3, 0.4) is 0 Å². The first-order valence-corrected chi connectivity index (χ1v) is 5.36. The molecule has 0 aromatic heterocycles. The molecule has 0 atom stereocenters. The first-order valence-electron chi connectivity index (χ1n) is 4.57. The maximum absolute atomic E-state index is 3.44. The molecule has 0 aliphatic heterocycles. The fourth-order valence-corrected chi connectivity index (χ4v) is 1.67. The molecule has 0 saturated heterocycles. The lowest BCUT2D eigenvalue weighted by atomic mass is 9.94. The highest BCUT2D eigenvalue weighted by atomic mass is 79.9. The van der Waals surface area contributed by atoms with E-state index in [1.807, 2.05) is 0 Å². The fourth-order valence-electron chi connectivity index (χ4n) is 1.41. The molecule has 0 saturated carbocycles.